The van der Waals surface area contributed by atoms with E-state index in [4.69, 9.17) is 16.6 Å². The highest BCUT2D eigenvalue weighted by Gasteiger charge is 2.09. The van der Waals surface area contributed by atoms with Gasteiger partial charge in [0.1, 0.15) is 5.01 Å². The summed E-state index contributed by atoms with van der Waals surface area (Å²) in [5.74, 6) is -0.186. The van der Waals surface area contributed by atoms with Crippen molar-refractivity contribution < 1.29 is 4.79 Å². The number of nitrogens with zero attached hydrogens (tertiary/aromatic N) is 2. The van der Waals surface area contributed by atoms with E-state index in [0.29, 0.717) is 10.6 Å². The van der Waals surface area contributed by atoms with Gasteiger partial charge in [0.05, 0.1) is 11.3 Å². The minimum Gasteiger partial charge on any atom is -0.322 e. The van der Waals surface area contributed by atoms with Gasteiger partial charge in [-0.15, -0.1) is 11.3 Å². The van der Waals surface area contributed by atoms with Gasteiger partial charge in [0.2, 0.25) is 0 Å². The van der Waals surface area contributed by atoms with Gasteiger partial charge in [0.25, 0.3) is 5.91 Å². The largest absolute Gasteiger partial charge is 0.322 e. The van der Waals surface area contributed by atoms with Crippen LogP contribution in [0.15, 0.2) is 78.4 Å². The molecule has 0 aliphatic carbocycles. The van der Waals surface area contributed by atoms with Crippen molar-refractivity contribution in [1.82, 2.24) is 9.97 Å². The van der Waals surface area contributed by atoms with Gasteiger partial charge in [0.15, 0.2) is 0 Å². The van der Waals surface area contributed by atoms with Crippen molar-refractivity contribution in [2.24, 2.45) is 0 Å². The van der Waals surface area contributed by atoms with Gasteiger partial charge in [-0.25, -0.2) is 4.98 Å². The van der Waals surface area contributed by atoms with E-state index in [1.165, 1.54) is 6.20 Å². The van der Waals surface area contributed by atoms with E-state index in [2.05, 4.69) is 10.3 Å². The van der Waals surface area contributed by atoms with E-state index in [-0.39, 0.29) is 5.91 Å². The van der Waals surface area contributed by atoms with Gasteiger partial charge in [-0.2, -0.15) is 0 Å². The Morgan fingerprint density at radius 2 is 1.70 bits per heavy atom. The van der Waals surface area contributed by atoms with Crippen LogP contribution in [-0.2, 0) is 0 Å². The summed E-state index contributed by atoms with van der Waals surface area (Å²) in [6.45, 7) is 0. The Morgan fingerprint density at radius 3 is 2.41 bits per heavy atom. The Kier molecular flexibility index (Phi) is 4.96. The number of hydrogen-bond acceptors (Lipinski definition) is 4. The molecular formula is C21H14ClN3OS. The fourth-order valence-corrected chi connectivity index (χ4v) is 3.52. The number of rotatable bonds is 4. The highest BCUT2D eigenvalue weighted by Crippen LogP contribution is 2.30. The predicted octanol–water partition coefficient (Wildman–Crippen LogP) is 5.78. The molecule has 0 bridgehead atoms. The molecule has 2 aromatic carbocycles. The third-order valence-electron chi connectivity index (χ3n) is 3.96. The second kappa shape index (κ2) is 7.70. The first-order valence-corrected chi connectivity index (χ1v) is 9.48. The molecule has 0 radical (unpaired) electrons. The van der Waals surface area contributed by atoms with E-state index in [9.17, 15) is 4.79 Å². The summed E-state index contributed by atoms with van der Waals surface area (Å²) in [5, 5.41) is 6.53. The normalized spacial score (nSPS) is 10.6. The first-order chi connectivity index (χ1) is 13.2. The molecule has 0 spiro atoms. The Bertz CT molecular complexity index is 1060. The average Bonchev–Trinajstić information content (AvgIpc) is 3.20. The lowest BCUT2D eigenvalue weighted by atomic mass is 10.1. The number of halogens is 1. The van der Waals surface area contributed by atoms with Crippen LogP contribution in [0, 0.1) is 0 Å². The molecule has 2 heterocycles. The van der Waals surface area contributed by atoms with Crippen molar-refractivity contribution in [2.45, 2.75) is 0 Å². The van der Waals surface area contributed by atoms with Crippen molar-refractivity contribution >= 4 is 34.5 Å². The predicted molar refractivity (Wildman–Crippen MR) is 110 cm³/mol. The van der Waals surface area contributed by atoms with E-state index in [1.54, 1.807) is 29.7 Å². The van der Waals surface area contributed by atoms with Gasteiger partial charge in [-0.05, 0) is 36.4 Å². The number of amides is 1. The lowest BCUT2D eigenvalue weighted by molar-refractivity contribution is 0.102. The zero-order valence-corrected chi connectivity index (χ0v) is 15.7. The third kappa shape index (κ3) is 4.05. The molecule has 4 nitrogen and oxygen atoms in total. The molecule has 6 heteroatoms. The van der Waals surface area contributed by atoms with Crippen LogP contribution in [0.4, 0.5) is 5.69 Å². The van der Waals surface area contributed by atoms with Gasteiger partial charge in [-0.1, -0.05) is 35.9 Å². The van der Waals surface area contributed by atoms with Gasteiger partial charge in [-0.3, -0.25) is 9.78 Å². The highest BCUT2D eigenvalue weighted by atomic mass is 35.5. The SMILES string of the molecule is O=C(Nc1ccc(-c2csc(-c3ccc(Cl)cc3)n2)cc1)c1cccnc1. The summed E-state index contributed by atoms with van der Waals surface area (Å²) in [6, 6.07) is 18.7. The first-order valence-electron chi connectivity index (χ1n) is 8.22. The van der Waals surface area contributed by atoms with Crippen molar-refractivity contribution in [1.29, 1.82) is 0 Å². The highest BCUT2D eigenvalue weighted by molar-refractivity contribution is 7.13. The quantitative estimate of drug-likeness (QED) is 0.480. The van der Waals surface area contributed by atoms with Gasteiger partial charge in [0, 0.05) is 39.6 Å². The molecule has 4 rings (SSSR count). The Labute approximate surface area is 165 Å². The third-order valence-corrected chi connectivity index (χ3v) is 5.10. The van der Waals surface area contributed by atoms with Crippen LogP contribution < -0.4 is 5.32 Å². The number of benzene rings is 2. The number of thiazole rings is 1. The van der Waals surface area contributed by atoms with Crippen LogP contribution in [0.2, 0.25) is 5.02 Å². The Hall–Kier alpha value is -3.02. The van der Waals surface area contributed by atoms with Crippen LogP contribution in [0.25, 0.3) is 21.8 Å². The second-order valence-corrected chi connectivity index (χ2v) is 7.11. The maximum atomic E-state index is 12.2. The molecule has 0 saturated heterocycles. The molecule has 0 aliphatic heterocycles. The van der Waals surface area contributed by atoms with E-state index in [1.807, 2.05) is 53.9 Å². The maximum Gasteiger partial charge on any atom is 0.257 e. The number of hydrogen-bond donors (Lipinski definition) is 1. The standard InChI is InChI=1S/C21H14ClN3OS/c22-17-7-3-15(4-8-17)21-25-19(13-27-21)14-5-9-18(10-6-14)24-20(26)16-2-1-11-23-12-16/h1-13H,(H,24,26). The summed E-state index contributed by atoms with van der Waals surface area (Å²) in [5.41, 5.74) is 4.17. The van der Waals surface area contributed by atoms with E-state index >= 15 is 0 Å². The van der Waals surface area contributed by atoms with Crippen LogP contribution in [-0.4, -0.2) is 15.9 Å². The molecule has 1 amide bonds. The summed E-state index contributed by atoms with van der Waals surface area (Å²) in [4.78, 5) is 20.8. The van der Waals surface area contributed by atoms with Crippen LogP contribution in [0.3, 0.4) is 0 Å². The summed E-state index contributed by atoms with van der Waals surface area (Å²) in [7, 11) is 0. The van der Waals surface area contributed by atoms with Crippen molar-refractivity contribution in [3.8, 4) is 21.8 Å². The van der Waals surface area contributed by atoms with Crippen molar-refractivity contribution in [3.63, 3.8) is 0 Å². The van der Waals surface area contributed by atoms with Crippen LogP contribution >= 0.6 is 22.9 Å². The molecule has 0 aliphatic rings. The zero-order chi connectivity index (χ0) is 18.6. The number of carbonyl (C=O) groups excluding carboxylic acids is 1. The number of aromatic nitrogens is 2. The molecule has 1 N–H and O–H groups in total. The van der Waals surface area contributed by atoms with Crippen molar-refractivity contribution in [2.75, 3.05) is 5.32 Å². The van der Waals surface area contributed by atoms with E-state index in [0.717, 1.165) is 27.5 Å². The van der Waals surface area contributed by atoms with E-state index < -0.39 is 0 Å². The van der Waals surface area contributed by atoms with Gasteiger partial charge < -0.3 is 5.32 Å². The number of nitrogens with one attached hydrogen (secondary N) is 1. The molecule has 2 aromatic heterocycles. The first kappa shape index (κ1) is 17.4. The molecule has 0 fully saturated rings. The minimum absolute atomic E-state index is 0.186. The molecule has 27 heavy (non-hydrogen) atoms. The monoisotopic (exact) mass is 391 g/mol. The van der Waals surface area contributed by atoms with Gasteiger partial charge >= 0.3 is 0 Å². The molecule has 0 saturated carbocycles. The smallest absolute Gasteiger partial charge is 0.257 e. The molecule has 0 unspecified atom stereocenters. The van der Waals surface area contributed by atoms with Crippen LogP contribution in [0.5, 0.6) is 0 Å². The number of pyridine rings is 1. The Balaban J connectivity index is 1.49. The fourth-order valence-electron chi connectivity index (χ4n) is 2.56. The molecule has 4 aromatic rings. The average molecular weight is 392 g/mol. The number of carbonyl (C=O) groups is 1. The molecule has 0 atom stereocenters. The molecule has 132 valence electrons. The lowest BCUT2D eigenvalue weighted by Crippen LogP contribution is -2.11. The second-order valence-electron chi connectivity index (χ2n) is 5.82. The Morgan fingerprint density at radius 1 is 0.963 bits per heavy atom. The summed E-state index contributed by atoms with van der Waals surface area (Å²) >= 11 is 7.52. The zero-order valence-electron chi connectivity index (χ0n) is 14.1. The van der Waals surface area contributed by atoms with Crippen LogP contribution in [0.1, 0.15) is 10.4 Å². The lowest BCUT2D eigenvalue weighted by Gasteiger charge is -2.05. The molecular weight excluding hydrogens is 378 g/mol. The number of anilines is 1. The topological polar surface area (TPSA) is 54.9 Å². The summed E-state index contributed by atoms with van der Waals surface area (Å²) < 4.78 is 0. The fraction of sp³-hybridized carbons (Fsp3) is 0. The summed E-state index contributed by atoms with van der Waals surface area (Å²) in [6.07, 6.45) is 3.18. The van der Waals surface area contributed by atoms with Crippen molar-refractivity contribution in [3.05, 3.63) is 89.0 Å². The maximum absolute atomic E-state index is 12.2. The minimum atomic E-state index is -0.186.